The smallest absolute Gasteiger partial charge is 0.162 e. The van der Waals surface area contributed by atoms with Crippen molar-refractivity contribution < 1.29 is 4.79 Å². The van der Waals surface area contributed by atoms with Crippen molar-refractivity contribution in [2.24, 2.45) is 17.3 Å². The maximum atomic E-state index is 12.1. The molecule has 0 radical (unpaired) electrons. The Balaban J connectivity index is 2.88. The molecule has 16 heavy (non-hydrogen) atoms. The molecule has 0 N–H and O–H groups in total. The summed E-state index contributed by atoms with van der Waals surface area (Å²) in [5.41, 5.74) is 1.18. The molecule has 1 nitrogen and oxygen atoms in total. The van der Waals surface area contributed by atoms with Crippen molar-refractivity contribution in [2.45, 2.75) is 47.0 Å². The molecule has 0 bridgehead atoms. The van der Waals surface area contributed by atoms with E-state index in [0.717, 1.165) is 24.8 Å². The van der Waals surface area contributed by atoms with Crippen molar-refractivity contribution in [1.82, 2.24) is 0 Å². The van der Waals surface area contributed by atoms with Crippen molar-refractivity contribution in [2.75, 3.05) is 0 Å². The molecular formula is C15H24O. The van der Waals surface area contributed by atoms with Gasteiger partial charge in [-0.3, -0.25) is 4.79 Å². The molecule has 1 saturated carbocycles. The Kier molecular flexibility index (Phi) is 4.12. The van der Waals surface area contributed by atoms with Crippen LogP contribution in [0, 0.1) is 17.3 Å². The fourth-order valence-corrected chi connectivity index (χ4v) is 3.12. The molecule has 0 aliphatic heterocycles. The lowest BCUT2D eigenvalue weighted by atomic mass is 9.62. The molecule has 0 amide bonds. The molecule has 2 atom stereocenters. The van der Waals surface area contributed by atoms with Crippen LogP contribution in [-0.4, -0.2) is 5.78 Å². The summed E-state index contributed by atoms with van der Waals surface area (Å²) in [5.74, 6) is 0.914. The summed E-state index contributed by atoms with van der Waals surface area (Å²) < 4.78 is 0. The molecule has 0 heterocycles. The van der Waals surface area contributed by atoms with Gasteiger partial charge in [0.15, 0.2) is 5.78 Å². The minimum Gasteiger partial charge on any atom is -0.294 e. The van der Waals surface area contributed by atoms with Crippen molar-refractivity contribution in [3.63, 3.8) is 0 Å². The Morgan fingerprint density at radius 2 is 2.19 bits per heavy atom. The first-order valence-corrected chi connectivity index (χ1v) is 6.26. The van der Waals surface area contributed by atoms with E-state index in [1.54, 1.807) is 6.08 Å². The minimum atomic E-state index is 0.0199. The zero-order valence-corrected chi connectivity index (χ0v) is 11.0. The van der Waals surface area contributed by atoms with E-state index >= 15 is 0 Å². The lowest BCUT2D eigenvalue weighted by Crippen LogP contribution is -2.37. The van der Waals surface area contributed by atoms with Gasteiger partial charge >= 0.3 is 0 Å². The lowest BCUT2D eigenvalue weighted by Gasteiger charge is -2.41. The molecule has 0 unspecified atom stereocenters. The molecule has 1 fully saturated rings. The van der Waals surface area contributed by atoms with E-state index in [0.29, 0.717) is 5.92 Å². The Bertz CT molecular complexity index is 309. The van der Waals surface area contributed by atoms with Crippen LogP contribution in [0.25, 0.3) is 0 Å². The molecule has 1 rings (SSSR count). The predicted molar refractivity (Wildman–Crippen MR) is 69.2 cm³/mol. The van der Waals surface area contributed by atoms with Crippen LogP contribution >= 0.6 is 0 Å². The first kappa shape index (κ1) is 13.2. The summed E-state index contributed by atoms with van der Waals surface area (Å²) in [6.07, 6.45) is 6.72. The standard InChI is InChI=1S/C15H24O/c1-6-7-8-13(16)14-12(3)9-11(2)10-15(14,4)5/h7-8,11,14H,3,6,9-10H2,1-2,4-5H3/t11-,14+/m0/s1. The summed E-state index contributed by atoms with van der Waals surface area (Å²) in [5, 5.41) is 0. The summed E-state index contributed by atoms with van der Waals surface area (Å²) >= 11 is 0. The Morgan fingerprint density at radius 3 is 2.69 bits per heavy atom. The number of carbonyl (C=O) groups is 1. The quantitative estimate of drug-likeness (QED) is 0.516. The summed E-state index contributed by atoms with van der Waals surface area (Å²) in [6.45, 7) is 12.8. The van der Waals surface area contributed by atoms with Gasteiger partial charge in [0, 0.05) is 5.92 Å². The highest BCUT2D eigenvalue weighted by molar-refractivity contribution is 5.94. The summed E-state index contributed by atoms with van der Waals surface area (Å²) in [4.78, 5) is 12.1. The van der Waals surface area contributed by atoms with Crippen LogP contribution in [-0.2, 0) is 4.79 Å². The molecule has 0 spiro atoms. The number of rotatable bonds is 3. The van der Waals surface area contributed by atoms with Crippen LogP contribution in [0.1, 0.15) is 47.0 Å². The van der Waals surface area contributed by atoms with Gasteiger partial charge in [-0.1, -0.05) is 45.9 Å². The number of hydrogen-bond donors (Lipinski definition) is 0. The predicted octanol–water partition coefficient (Wildman–Crippen LogP) is 4.15. The number of hydrogen-bond acceptors (Lipinski definition) is 1. The third-order valence-electron chi connectivity index (χ3n) is 3.48. The highest BCUT2D eigenvalue weighted by atomic mass is 16.1. The van der Waals surface area contributed by atoms with E-state index in [1.807, 2.05) is 13.0 Å². The SMILES string of the molecule is C=C1C[C@H](C)CC(C)(C)[C@H]1C(=O)C=CCC. The summed E-state index contributed by atoms with van der Waals surface area (Å²) in [6, 6.07) is 0. The first-order chi connectivity index (χ1) is 7.38. The van der Waals surface area contributed by atoms with Crippen LogP contribution in [0.5, 0.6) is 0 Å². The topological polar surface area (TPSA) is 17.1 Å². The van der Waals surface area contributed by atoms with Gasteiger partial charge < -0.3 is 0 Å². The normalized spacial score (nSPS) is 29.6. The molecule has 0 aromatic heterocycles. The maximum absolute atomic E-state index is 12.1. The second kappa shape index (κ2) is 4.99. The minimum absolute atomic E-state index is 0.0199. The van der Waals surface area contributed by atoms with Gasteiger partial charge in [0.1, 0.15) is 0 Å². The van der Waals surface area contributed by atoms with Crippen molar-refractivity contribution in [1.29, 1.82) is 0 Å². The van der Waals surface area contributed by atoms with Crippen molar-refractivity contribution in [3.05, 3.63) is 24.3 Å². The van der Waals surface area contributed by atoms with Crippen LogP contribution in [0.15, 0.2) is 24.3 Å². The number of carbonyl (C=O) groups excluding carboxylic acids is 1. The van der Waals surface area contributed by atoms with E-state index in [2.05, 4.69) is 27.4 Å². The van der Waals surface area contributed by atoms with E-state index in [9.17, 15) is 4.79 Å². The van der Waals surface area contributed by atoms with Crippen molar-refractivity contribution >= 4 is 5.78 Å². The fraction of sp³-hybridized carbons (Fsp3) is 0.667. The third kappa shape index (κ3) is 2.84. The van der Waals surface area contributed by atoms with E-state index < -0.39 is 0 Å². The molecule has 1 aliphatic rings. The summed E-state index contributed by atoms with van der Waals surface area (Å²) in [7, 11) is 0. The Morgan fingerprint density at radius 1 is 1.56 bits per heavy atom. The lowest BCUT2D eigenvalue weighted by molar-refractivity contribution is -0.121. The average Bonchev–Trinajstić information content (AvgIpc) is 2.11. The number of ketones is 1. The molecule has 0 saturated heterocycles. The van der Waals surface area contributed by atoms with Crippen LogP contribution in [0.4, 0.5) is 0 Å². The first-order valence-electron chi connectivity index (χ1n) is 6.26. The van der Waals surface area contributed by atoms with E-state index in [4.69, 9.17) is 0 Å². The van der Waals surface area contributed by atoms with Gasteiger partial charge in [0.25, 0.3) is 0 Å². The molecule has 1 heteroatoms. The Hall–Kier alpha value is -0.850. The Labute approximate surface area is 99.6 Å². The van der Waals surface area contributed by atoms with Gasteiger partial charge in [-0.25, -0.2) is 0 Å². The van der Waals surface area contributed by atoms with Crippen molar-refractivity contribution in [3.8, 4) is 0 Å². The molecule has 90 valence electrons. The van der Waals surface area contributed by atoms with Crippen LogP contribution < -0.4 is 0 Å². The molecule has 1 aliphatic carbocycles. The monoisotopic (exact) mass is 220 g/mol. The van der Waals surface area contributed by atoms with Crippen LogP contribution in [0.3, 0.4) is 0 Å². The highest BCUT2D eigenvalue weighted by Gasteiger charge is 2.40. The number of allylic oxidation sites excluding steroid dienone is 3. The highest BCUT2D eigenvalue weighted by Crippen LogP contribution is 2.46. The zero-order chi connectivity index (χ0) is 12.3. The van der Waals surface area contributed by atoms with Gasteiger partial charge in [0.05, 0.1) is 0 Å². The van der Waals surface area contributed by atoms with Gasteiger partial charge in [0.2, 0.25) is 0 Å². The maximum Gasteiger partial charge on any atom is 0.162 e. The second-order valence-electron chi connectivity index (χ2n) is 5.81. The van der Waals surface area contributed by atoms with Gasteiger partial charge in [-0.15, -0.1) is 0 Å². The van der Waals surface area contributed by atoms with E-state index in [-0.39, 0.29) is 17.1 Å². The van der Waals surface area contributed by atoms with Gasteiger partial charge in [-0.2, -0.15) is 0 Å². The zero-order valence-electron chi connectivity index (χ0n) is 11.0. The molecule has 0 aromatic rings. The second-order valence-corrected chi connectivity index (χ2v) is 5.81. The average molecular weight is 220 g/mol. The largest absolute Gasteiger partial charge is 0.294 e. The van der Waals surface area contributed by atoms with Crippen LogP contribution in [0.2, 0.25) is 0 Å². The molecule has 0 aromatic carbocycles. The van der Waals surface area contributed by atoms with Gasteiger partial charge in [-0.05, 0) is 36.7 Å². The third-order valence-corrected chi connectivity index (χ3v) is 3.48. The molecular weight excluding hydrogens is 196 g/mol. The fourth-order valence-electron chi connectivity index (χ4n) is 3.12. The van der Waals surface area contributed by atoms with E-state index in [1.165, 1.54) is 0 Å².